The van der Waals surface area contributed by atoms with Gasteiger partial charge in [-0.15, -0.1) is 12.4 Å². The van der Waals surface area contributed by atoms with E-state index in [1.165, 1.54) is 0 Å². The molecule has 1 aliphatic carbocycles. The molecule has 1 fully saturated rings. The van der Waals surface area contributed by atoms with Crippen LogP contribution in [0.3, 0.4) is 0 Å². The second-order valence-corrected chi connectivity index (χ2v) is 7.20. The van der Waals surface area contributed by atoms with Crippen LogP contribution in [0.1, 0.15) is 26.7 Å². The molecule has 2 amide bonds. The van der Waals surface area contributed by atoms with Crippen molar-refractivity contribution in [2.45, 2.75) is 26.7 Å². The van der Waals surface area contributed by atoms with E-state index in [2.05, 4.69) is 5.32 Å². The molecule has 2 rings (SSSR count). The number of carbonyl (C=O) groups excluding carboxylic acids is 2. The number of nitrogens with zero attached hydrogens (tertiary/aromatic N) is 1. The second-order valence-electron chi connectivity index (χ2n) is 7.20. The van der Waals surface area contributed by atoms with Crippen LogP contribution >= 0.6 is 12.4 Å². The van der Waals surface area contributed by atoms with Crippen molar-refractivity contribution in [3.63, 3.8) is 0 Å². The SMILES string of the molecule is CN(CC(C)(C)CN)C(=O)COc1cccc(NC(=O)C2CC2)c1.Cl. The predicted octanol–water partition coefficient (Wildman–Crippen LogP) is 2.28. The van der Waals surface area contributed by atoms with E-state index >= 15 is 0 Å². The van der Waals surface area contributed by atoms with Crippen LogP contribution in [0.4, 0.5) is 5.69 Å². The Balaban J connectivity index is 0.00000312. The van der Waals surface area contributed by atoms with Crippen LogP contribution in [-0.2, 0) is 9.59 Å². The highest BCUT2D eigenvalue weighted by molar-refractivity contribution is 5.94. The highest BCUT2D eigenvalue weighted by atomic mass is 35.5. The molecule has 1 aromatic carbocycles. The minimum Gasteiger partial charge on any atom is -0.484 e. The lowest BCUT2D eigenvalue weighted by atomic mass is 9.93. The third-order valence-electron chi connectivity index (χ3n) is 4.06. The van der Waals surface area contributed by atoms with Crippen LogP contribution in [0.2, 0.25) is 0 Å². The van der Waals surface area contributed by atoms with Crippen molar-refractivity contribution in [3.8, 4) is 5.75 Å². The number of benzene rings is 1. The van der Waals surface area contributed by atoms with Gasteiger partial charge in [-0.1, -0.05) is 19.9 Å². The van der Waals surface area contributed by atoms with Crippen LogP contribution < -0.4 is 15.8 Å². The molecule has 0 heterocycles. The number of hydrogen-bond donors (Lipinski definition) is 2. The van der Waals surface area contributed by atoms with Gasteiger partial charge in [-0.3, -0.25) is 9.59 Å². The molecule has 1 aliphatic rings. The molecule has 3 N–H and O–H groups in total. The zero-order valence-corrected chi connectivity index (χ0v) is 15.9. The Morgan fingerprint density at radius 1 is 1.36 bits per heavy atom. The first-order valence-electron chi connectivity index (χ1n) is 8.28. The molecule has 140 valence electrons. The summed E-state index contributed by atoms with van der Waals surface area (Å²) in [7, 11) is 1.75. The number of hydrogen-bond acceptors (Lipinski definition) is 4. The molecule has 1 saturated carbocycles. The molecule has 0 atom stereocenters. The maximum atomic E-state index is 12.2. The fourth-order valence-corrected chi connectivity index (χ4v) is 2.30. The zero-order valence-electron chi connectivity index (χ0n) is 15.1. The summed E-state index contributed by atoms with van der Waals surface area (Å²) in [5.41, 5.74) is 6.26. The number of ether oxygens (including phenoxy) is 1. The second kappa shape index (κ2) is 9.06. The van der Waals surface area contributed by atoms with Crippen LogP contribution in [0.15, 0.2) is 24.3 Å². The van der Waals surface area contributed by atoms with Gasteiger partial charge >= 0.3 is 0 Å². The number of nitrogens with two attached hydrogens (primary N) is 1. The summed E-state index contributed by atoms with van der Waals surface area (Å²) >= 11 is 0. The van der Waals surface area contributed by atoms with E-state index in [4.69, 9.17) is 10.5 Å². The maximum absolute atomic E-state index is 12.2. The average molecular weight is 370 g/mol. The average Bonchev–Trinajstić information content (AvgIpc) is 3.37. The molecular formula is C18H28ClN3O3. The first-order valence-corrected chi connectivity index (χ1v) is 8.28. The lowest BCUT2D eigenvalue weighted by Crippen LogP contribution is -2.41. The van der Waals surface area contributed by atoms with Crippen molar-refractivity contribution < 1.29 is 14.3 Å². The molecule has 1 aromatic rings. The van der Waals surface area contributed by atoms with Crippen molar-refractivity contribution >= 4 is 29.9 Å². The van der Waals surface area contributed by atoms with Gasteiger partial charge in [-0.25, -0.2) is 0 Å². The van der Waals surface area contributed by atoms with Crippen molar-refractivity contribution in [1.29, 1.82) is 0 Å². The summed E-state index contributed by atoms with van der Waals surface area (Å²) in [4.78, 5) is 25.6. The van der Waals surface area contributed by atoms with Gasteiger partial charge in [0.05, 0.1) is 0 Å². The van der Waals surface area contributed by atoms with E-state index in [-0.39, 0.29) is 42.2 Å². The Hall–Kier alpha value is -1.79. The van der Waals surface area contributed by atoms with E-state index < -0.39 is 0 Å². The summed E-state index contributed by atoms with van der Waals surface area (Å²) in [6, 6.07) is 7.11. The van der Waals surface area contributed by atoms with Crippen LogP contribution in [-0.4, -0.2) is 43.5 Å². The molecule has 0 aliphatic heterocycles. The van der Waals surface area contributed by atoms with Gasteiger partial charge in [-0.05, 0) is 36.9 Å². The number of anilines is 1. The maximum Gasteiger partial charge on any atom is 0.260 e. The molecule has 0 spiro atoms. The summed E-state index contributed by atoms with van der Waals surface area (Å²) in [6.45, 7) is 5.07. The third-order valence-corrected chi connectivity index (χ3v) is 4.06. The summed E-state index contributed by atoms with van der Waals surface area (Å²) in [5, 5.41) is 2.87. The summed E-state index contributed by atoms with van der Waals surface area (Å²) in [6.07, 6.45) is 1.92. The van der Waals surface area contributed by atoms with Gasteiger partial charge in [0.25, 0.3) is 5.91 Å². The molecule has 0 unspecified atom stereocenters. The van der Waals surface area contributed by atoms with Crippen LogP contribution in [0.5, 0.6) is 5.75 Å². The first kappa shape index (κ1) is 21.3. The largest absolute Gasteiger partial charge is 0.484 e. The molecule has 25 heavy (non-hydrogen) atoms. The van der Waals surface area contributed by atoms with Crippen LogP contribution in [0.25, 0.3) is 0 Å². The van der Waals surface area contributed by atoms with Gasteiger partial charge in [0.1, 0.15) is 5.75 Å². The van der Waals surface area contributed by atoms with Crippen LogP contribution in [0, 0.1) is 11.3 Å². The topological polar surface area (TPSA) is 84.7 Å². The quantitative estimate of drug-likeness (QED) is 0.736. The first-order chi connectivity index (χ1) is 11.3. The monoisotopic (exact) mass is 369 g/mol. The third kappa shape index (κ3) is 6.92. The highest BCUT2D eigenvalue weighted by Crippen LogP contribution is 2.30. The van der Waals surface area contributed by atoms with Gasteiger partial charge in [0, 0.05) is 31.3 Å². The molecule has 0 saturated heterocycles. The number of nitrogens with one attached hydrogen (secondary N) is 1. The molecular weight excluding hydrogens is 342 g/mol. The fraction of sp³-hybridized carbons (Fsp3) is 0.556. The highest BCUT2D eigenvalue weighted by Gasteiger charge is 2.29. The molecule has 7 heteroatoms. The van der Waals surface area contributed by atoms with E-state index in [9.17, 15) is 9.59 Å². The fourth-order valence-electron chi connectivity index (χ4n) is 2.30. The molecule has 0 radical (unpaired) electrons. The van der Waals surface area contributed by atoms with E-state index in [0.29, 0.717) is 24.5 Å². The van der Waals surface area contributed by atoms with E-state index in [1.54, 1.807) is 30.1 Å². The Morgan fingerprint density at radius 2 is 2.04 bits per heavy atom. The Labute approximate surface area is 155 Å². The molecule has 0 bridgehead atoms. The predicted molar refractivity (Wildman–Crippen MR) is 101 cm³/mol. The minimum absolute atomic E-state index is 0. The molecule has 6 nitrogen and oxygen atoms in total. The Bertz CT molecular complexity index is 603. The van der Waals surface area contributed by atoms with Crippen molar-refractivity contribution in [2.24, 2.45) is 17.1 Å². The van der Waals surface area contributed by atoms with Gasteiger partial charge in [0.2, 0.25) is 5.91 Å². The number of likely N-dealkylation sites (N-methyl/N-ethyl adjacent to an activating group) is 1. The smallest absolute Gasteiger partial charge is 0.260 e. The summed E-state index contributed by atoms with van der Waals surface area (Å²) < 4.78 is 5.56. The van der Waals surface area contributed by atoms with Crippen molar-refractivity contribution in [1.82, 2.24) is 4.90 Å². The number of rotatable bonds is 8. The van der Waals surface area contributed by atoms with E-state index in [1.807, 2.05) is 19.9 Å². The zero-order chi connectivity index (χ0) is 17.7. The van der Waals surface area contributed by atoms with Gasteiger partial charge < -0.3 is 20.7 Å². The lowest BCUT2D eigenvalue weighted by molar-refractivity contribution is -0.133. The van der Waals surface area contributed by atoms with Gasteiger partial charge in [-0.2, -0.15) is 0 Å². The molecule has 0 aromatic heterocycles. The number of carbonyl (C=O) groups is 2. The Morgan fingerprint density at radius 3 is 2.64 bits per heavy atom. The lowest BCUT2D eigenvalue weighted by Gasteiger charge is -2.29. The van der Waals surface area contributed by atoms with Crippen molar-refractivity contribution in [2.75, 3.05) is 32.1 Å². The van der Waals surface area contributed by atoms with E-state index in [0.717, 1.165) is 12.8 Å². The van der Waals surface area contributed by atoms with Crippen molar-refractivity contribution in [3.05, 3.63) is 24.3 Å². The summed E-state index contributed by atoms with van der Waals surface area (Å²) in [5.74, 6) is 0.648. The Kier molecular flexibility index (Phi) is 7.70. The number of halogens is 1. The van der Waals surface area contributed by atoms with Gasteiger partial charge in [0.15, 0.2) is 6.61 Å². The normalized spacial score (nSPS) is 13.6. The number of amides is 2. The standard InChI is InChI=1S/C18H27N3O3.ClH/c1-18(2,11-19)12-21(3)16(22)10-24-15-6-4-5-14(9-15)20-17(23)13-7-8-13;/h4-6,9,13H,7-8,10-12,19H2,1-3H3,(H,20,23);1H. The minimum atomic E-state index is -0.128.